The Labute approximate surface area is 121 Å². The molecule has 0 radical (unpaired) electrons. The summed E-state index contributed by atoms with van der Waals surface area (Å²) in [5.74, 6) is 1.55. The maximum atomic E-state index is 6.00. The number of hydrogen-bond donors (Lipinski definition) is 1. The van der Waals surface area contributed by atoms with Crippen LogP contribution < -0.4 is 10.1 Å². The van der Waals surface area contributed by atoms with E-state index in [1.165, 1.54) is 5.56 Å². The van der Waals surface area contributed by atoms with Crippen molar-refractivity contribution in [1.82, 2.24) is 10.3 Å². The molecule has 0 atom stereocenters. The van der Waals surface area contributed by atoms with Crippen molar-refractivity contribution in [1.29, 1.82) is 0 Å². The second-order valence-corrected chi connectivity index (χ2v) is 5.30. The van der Waals surface area contributed by atoms with E-state index in [9.17, 15) is 0 Å². The fourth-order valence-electron chi connectivity index (χ4n) is 1.90. The van der Waals surface area contributed by atoms with Crippen LogP contribution in [-0.2, 0) is 6.54 Å². The molecule has 0 aliphatic carbocycles. The minimum Gasteiger partial charge on any atom is -0.438 e. The van der Waals surface area contributed by atoms with Gasteiger partial charge in [-0.2, -0.15) is 0 Å². The first-order valence-corrected chi connectivity index (χ1v) is 6.99. The largest absolute Gasteiger partial charge is 0.438 e. The maximum Gasteiger partial charge on any atom is 0.223 e. The number of aryl methyl sites for hydroxylation is 1. The SMILES string of the molecule is Cc1cccc(Oc2ncccc2CNC(C)C)c1C. The molecule has 0 aliphatic rings. The number of benzene rings is 1. The third-order valence-corrected chi connectivity index (χ3v) is 3.31. The lowest BCUT2D eigenvalue weighted by Crippen LogP contribution is -2.22. The molecule has 2 rings (SSSR count). The number of nitrogens with zero attached hydrogens (tertiary/aromatic N) is 1. The molecule has 0 aliphatic heterocycles. The molecule has 0 unspecified atom stereocenters. The van der Waals surface area contributed by atoms with Crippen LogP contribution in [0.15, 0.2) is 36.5 Å². The second-order valence-electron chi connectivity index (χ2n) is 5.30. The fourth-order valence-corrected chi connectivity index (χ4v) is 1.90. The monoisotopic (exact) mass is 270 g/mol. The molecule has 106 valence electrons. The van der Waals surface area contributed by atoms with Crippen molar-refractivity contribution in [2.24, 2.45) is 0 Å². The lowest BCUT2D eigenvalue weighted by Gasteiger charge is -2.14. The van der Waals surface area contributed by atoms with Gasteiger partial charge < -0.3 is 10.1 Å². The summed E-state index contributed by atoms with van der Waals surface area (Å²) in [6.45, 7) is 9.16. The standard InChI is InChI=1S/C17H22N2O/c1-12(2)19-11-15-8-6-10-18-17(15)20-16-9-5-7-13(3)14(16)4/h5-10,12,19H,11H2,1-4H3. The Hall–Kier alpha value is -1.87. The first-order valence-electron chi connectivity index (χ1n) is 6.99. The first-order chi connectivity index (χ1) is 9.58. The minimum atomic E-state index is 0.434. The van der Waals surface area contributed by atoms with Crippen LogP contribution in [-0.4, -0.2) is 11.0 Å². The highest BCUT2D eigenvalue weighted by Gasteiger charge is 2.09. The van der Waals surface area contributed by atoms with Crippen LogP contribution in [0.4, 0.5) is 0 Å². The fraction of sp³-hybridized carbons (Fsp3) is 0.353. The second kappa shape index (κ2) is 6.53. The van der Waals surface area contributed by atoms with Crippen LogP contribution in [0.2, 0.25) is 0 Å². The van der Waals surface area contributed by atoms with Gasteiger partial charge in [0.25, 0.3) is 0 Å². The summed E-state index contributed by atoms with van der Waals surface area (Å²) in [6, 6.07) is 10.5. The van der Waals surface area contributed by atoms with Gasteiger partial charge in [0.2, 0.25) is 5.88 Å². The normalized spacial score (nSPS) is 10.8. The van der Waals surface area contributed by atoms with Crippen LogP contribution in [0.25, 0.3) is 0 Å². The van der Waals surface area contributed by atoms with E-state index < -0.39 is 0 Å². The van der Waals surface area contributed by atoms with Gasteiger partial charge in [0, 0.05) is 24.3 Å². The number of nitrogens with one attached hydrogen (secondary N) is 1. The van der Waals surface area contributed by atoms with Crippen LogP contribution in [0.1, 0.15) is 30.5 Å². The van der Waals surface area contributed by atoms with Crippen molar-refractivity contribution in [2.75, 3.05) is 0 Å². The summed E-state index contributed by atoms with van der Waals surface area (Å²) < 4.78 is 6.00. The number of rotatable bonds is 5. The number of ether oxygens (including phenoxy) is 1. The molecule has 0 saturated carbocycles. The third kappa shape index (κ3) is 3.58. The zero-order valence-corrected chi connectivity index (χ0v) is 12.6. The van der Waals surface area contributed by atoms with Crippen molar-refractivity contribution in [2.45, 2.75) is 40.3 Å². The Balaban J connectivity index is 2.22. The number of pyridine rings is 1. The Kier molecular flexibility index (Phi) is 4.74. The van der Waals surface area contributed by atoms with E-state index in [0.717, 1.165) is 23.4 Å². The van der Waals surface area contributed by atoms with Crippen molar-refractivity contribution in [3.63, 3.8) is 0 Å². The van der Waals surface area contributed by atoms with Gasteiger partial charge in [-0.3, -0.25) is 0 Å². The van der Waals surface area contributed by atoms with E-state index >= 15 is 0 Å². The molecule has 3 nitrogen and oxygen atoms in total. The van der Waals surface area contributed by atoms with Gasteiger partial charge in [0.05, 0.1) is 0 Å². The summed E-state index contributed by atoms with van der Waals surface area (Å²) in [6.07, 6.45) is 1.76. The molecule has 1 aromatic heterocycles. The highest BCUT2D eigenvalue weighted by molar-refractivity contribution is 5.41. The number of aromatic nitrogens is 1. The molecule has 0 fully saturated rings. The molecule has 3 heteroatoms. The summed E-state index contributed by atoms with van der Waals surface area (Å²) in [4.78, 5) is 4.36. The van der Waals surface area contributed by atoms with Crippen LogP contribution in [0, 0.1) is 13.8 Å². The van der Waals surface area contributed by atoms with E-state index in [0.29, 0.717) is 11.9 Å². The van der Waals surface area contributed by atoms with Crippen molar-refractivity contribution in [3.8, 4) is 11.6 Å². The molecule has 1 N–H and O–H groups in total. The number of hydrogen-bond acceptors (Lipinski definition) is 3. The van der Waals surface area contributed by atoms with E-state index in [2.05, 4.69) is 44.1 Å². The predicted molar refractivity (Wildman–Crippen MR) is 82.2 cm³/mol. The van der Waals surface area contributed by atoms with E-state index in [-0.39, 0.29) is 0 Å². The molecule has 0 amide bonds. The van der Waals surface area contributed by atoms with Crippen LogP contribution in [0.3, 0.4) is 0 Å². The molecular formula is C17H22N2O. The van der Waals surface area contributed by atoms with Crippen LogP contribution >= 0.6 is 0 Å². The zero-order chi connectivity index (χ0) is 14.5. The molecule has 1 heterocycles. The first kappa shape index (κ1) is 14.5. The Morgan fingerprint density at radius 1 is 1.15 bits per heavy atom. The third-order valence-electron chi connectivity index (χ3n) is 3.31. The Morgan fingerprint density at radius 3 is 2.70 bits per heavy atom. The summed E-state index contributed by atoms with van der Waals surface area (Å²) in [7, 11) is 0. The van der Waals surface area contributed by atoms with Gasteiger partial charge in [0.1, 0.15) is 5.75 Å². The average molecular weight is 270 g/mol. The predicted octanol–water partition coefficient (Wildman–Crippen LogP) is 3.99. The Bertz CT molecular complexity index is 579. The quantitative estimate of drug-likeness (QED) is 0.892. The van der Waals surface area contributed by atoms with Crippen molar-refractivity contribution in [3.05, 3.63) is 53.2 Å². The van der Waals surface area contributed by atoms with E-state index in [4.69, 9.17) is 4.74 Å². The highest BCUT2D eigenvalue weighted by Crippen LogP contribution is 2.27. The van der Waals surface area contributed by atoms with E-state index in [1.54, 1.807) is 6.20 Å². The molecule has 0 bridgehead atoms. The maximum absolute atomic E-state index is 6.00. The highest BCUT2D eigenvalue weighted by atomic mass is 16.5. The lowest BCUT2D eigenvalue weighted by molar-refractivity contribution is 0.446. The van der Waals surface area contributed by atoms with Gasteiger partial charge in [-0.1, -0.05) is 32.0 Å². The molecule has 0 saturated heterocycles. The van der Waals surface area contributed by atoms with Gasteiger partial charge in [-0.05, 0) is 37.1 Å². The Morgan fingerprint density at radius 2 is 1.95 bits per heavy atom. The minimum absolute atomic E-state index is 0.434. The lowest BCUT2D eigenvalue weighted by atomic mass is 10.1. The summed E-state index contributed by atoms with van der Waals surface area (Å²) >= 11 is 0. The molecule has 20 heavy (non-hydrogen) atoms. The average Bonchev–Trinajstić information content (AvgIpc) is 2.43. The van der Waals surface area contributed by atoms with Gasteiger partial charge in [-0.25, -0.2) is 4.98 Å². The van der Waals surface area contributed by atoms with Gasteiger partial charge >= 0.3 is 0 Å². The molecule has 0 spiro atoms. The van der Waals surface area contributed by atoms with Gasteiger partial charge in [0.15, 0.2) is 0 Å². The summed E-state index contributed by atoms with van der Waals surface area (Å²) in [5, 5.41) is 3.39. The van der Waals surface area contributed by atoms with Gasteiger partial charge in [-0.15, -0.1) is 0 Å². The van der Waals surface area contributed by atoms with Crippen molar-refractivity contribution < 1.29 is 4.74 Å². The molecular weight excluding hydrogens is 248 g/mol. The topological polar surface area (TPSA) is 34.1 Å². The molecule has 1 aromatic carbocycles. The van der Waals surface area contributed by atoms with Crippen LogP contribution in [0.5, 0.6) is 11.6 Å². The van der Waals surface area contributed by atoms with Crippen molar-refractivity contribution >= 4 is 0 Å². The van der Waals surface area contributed by atoms with E-state index in [1.807, 2.05) is 24.3 Å². The molecule has 2 aromatic rings. The zero-order valence-electron chi connectivity index (χ0n) is 12.6. The summed E-state index contributed by atoms with van der Waals surface area (Å²) in [5.41, 5.74) is 3.45. The smallest absolute Gasteiger partial charge is 0.223 e.